The summed E-state index contributed by atoms with van der Waals surface area (Å²) in [5.41, 5.74) is 0. The van der Waals surface area contributed by atoms with E-state index in [-0.39, 0.29) is 19.8 Å². The molecule has 1 amide bonds. The first kappa shape index (κ1) is 13.9. The van der Waals surface area contributed by atoms with E-state index in [1.54, 1.807) is 0 Å². The summed E-state index contributed by atoms with van der Waals surface area (Å²) < 4.78 is 4.75. The number of carbonyl (C=O) groups excluding carboxylic acids is 1. The number of aliphatic carboxylic acids is 1. The van der Waals surface area contributed by atoms with Gasteiger partial charge in [0.15, 0.2) is 0 Å². The highest BCUT2D eigenvalue weighted by Gasteiger charge is 2.18. The maximum atomic E-state index is 11.1. The van der Waals surface area contributed by atoms with Crippen LogP contribution < -0.4 is 5.32 Å². The molecule has 15 heavy (non-hydrogen) atoms. The summed E-state index contributed by atoms with van der Waals surface area (Å²) in [4.78, 5) is 21.8. The summed E-state index contributed by atoms with van der Waals surface area (Å²) in [5, 5.41) is 19.4. The predicted octanol–water partition coefficient (Wildman–Crippen LogP) is -0.635. The lowest BCUT2D eigenvalue weighted by molar-refractivity contribution is -0.142. The van der Waals surface area contributed by atoms with Crippen LogP contribution in [-0.2, 0) is 14.3 Å². The third-order valence-electron chi connectivity index (χ3n) is 1.68. The van der Waals surface area contributed by atoms with Crippen LogP contribution in [-0.4, -0.2) is 48.0 Å². The summed E-state index contributed by atoms with van der Waals surface area (Å²) in [6.45, 7) is 1.52. The van der Waals surface area contributed by atoms with E-state index in [0.717, 1.165) is 0 Å². The van der Waals surface area contributed by atoms with Crippen molar-refractivity contribution in [3.8, 4) is 0 Å². The standard InChI is InChI=1S/C9H17NO5/c1-2-3-7(9(13)14)10-8(12)6-15-5-4-11/h7,11H,2-6H2,1H3,(H,10,12)(H,13,14). The molecule has 0 aromatic carbocycles. The third kappa shape index (κ3) is 6.87. The molecule has 1 atom stereocenters. The van der Waals surface area contributed by atoms with Gasteiger partial charge >= 0.3 is 5.97 Å². The van der Waals surface area contributed by atoms with E-state index >= 15 is 0 Å². The third-order valence-corrected chi connectivity index (χ3v) is 1.68. The maximum absolute atomic E-state index is 11.1. The van der Waals surface area contributed by atoms with Crippen molar-refractivity contribution in [2.45, 2.75) is 25.8 Å². The van der Waals surface area contributed by atoms with Crippen LogP contribution in [0, 0.1) is 0 Å². The molecule has 6 heteroatoms. The molecule has 0 saturated heterocycles. The molecule has 88 valence electrons. The molecule has 0 rings (SSSR count). The Labute approximate surface area is 88.2 Å². The number of aliphatic hydroxyl groups is 1. The summed E-state index contributed by atoms with van der Waals surface area (Å²) in [7, 11) is 0. The Morgan fingerprint density at radius 2 is 2.13 bits per heavy atom. The van der Waals surface area contributed by atoms with Crippen molar-refractivity contribution in [1.29, 1.82) is 0 Å². The Hall–Kier alpha value is -1.14. The quantitative estimate of drug-likeness (QED) is 0.472. The van der Waals surface area contributed by atoms with Crippen molar-refractivity contribution in [3.63, 3.8) is 0 Å². The number of carboxylic acid groups (broad SMARTS) is 1. The van der Waals surface area contributed by atoms with Gasteiger partial charge in [-0.25, -0.2) is 4.79 Å². The van der Waals surface area contributed by atoms with Crippen LogP contribution in [0.1, 0.15) is 19.8 Å². The number of amides is 1. The SMILES string of the molecule is CCCC(NC(=O)COCCO)C(=O)O. The Morgan fingerprint density at radius 3 is 2.60 bits per heavy atom. The molecule has 6 nitrogen and oxygen atoms in total. The van der Waals surface area contributed by atoms with Gasteiger partial charge in [0.2, 0.25) is 5.91 Å². The lowest BCUT2D eigenvalue weighted by atomic mass is 10.2. The molecule has 0 fully saturated rings. The fourth-order valence-electron chi connectivity index (χ4n) is 1.01. The normalized spacial score (nSPS) is 12.1. The van der Waals surface area contributed by atoms with Crippen LogP contribution in [0.3, 0.4) is 0 Å². The number of hydrogen-bond acceptors (Lipinski definition) is 4. The molecule has 3 N–H and O–H groups in total. The smallest absolute Gasteiger partial charge is 0.326 e. The van der Waals surface area contributed by atoms with Crippen molar-refractivity contribution in [1.82, 2.24) is 5.32 Å². The number of ether oxygens (including phenoxy) is 1. The van der Waals surface area contributed by atoms with Crippen LogP contribution in [0.15, 0.2) is 0 Å². The van der Waals surface area contributed by atoms with Gasteiger partial charge in [-0.3, -0.25) is 4.79 Å². The van der Waals surface area contributed by atoms with Gasteiger partial charge in [-0.05, 0) is 6.42 Å². The first-order chi connectivity index (χ1) is 7.11. The molecule has 0 saturated carbocycles. The molecule has 0 aliphatic rings. The summed E-state index contributed by atoms with van der Waals surface area (Å²) in [6, 6.07) is -0.861. The highest BCUT2D eigenvalue weighted by molar-refractivity contribution is 5.84. The topological polar surface area (TPSA) is 95.9 Å². The highest BCUT2D eigenvalue weighted by Crippen LogP contribution is 1.96. The van der Waals surface area contributed by atoms with Gasteiger partial charge < -0.3 is 20.3 Å². The lowest BCUT2D eigenvalue weighted by Crippen LogP contribution is -2.42. The minimum absolute atomic E-state index is 0.0684. The van der Waals surface area contributed by atoms with Crippen molar-refractivity contribution in [2.24, 2.45) is 0 Å². The molecule has 0 aliphatic carbocycles. The number of rotatable bonds is 8. The molecule has 0 spiro atoms. The van der Waals surface area contributed by atoms with Gasteiger partial charge in [0, 0.05) is 0 Å². The second-order valence-corrected chi connectivity index (χ2v) is 3.02. The van der Waals surface area contributed by atoms with Gasteiger partial charge in [0.05, 0.1) is 13.2 Å². The Bertz CT molecular complexity index is 207. The molecule has 0 heterocycles. The van der Waals surface area contributed by atoms with Gasteiger partial charge in [-0.2, -0.15) is 0 Å². The minimum Gasteiger partial charge on any atom is -0.480 e. The van der Waals surface area contributed by atoms with Gasteiger partial charge in [0.25, 0.3) is 0 Å². The highest BCUT2D eigenvalue weighted by atomic mass is 16.5. The maximum Gasteiger partial charge on any atom is 0.326 e. The van der Waals surface area contributed by atoms with Crippen molar-refractivity contribution in [2.75, 3.05) is 19.8 Å². The molecule has 0 aromatic heterocycles. The zero-order valence-corrected chi connectivity index (χ0v) is 8.73. The largest absolute Gasteiger partial charge is 0.480 e. The van der Waals surface area contributed by atoms with E-state index in [2.05, 4.69) is 5.32 Å². The first-order valence-electron chi connectivity index (χ1n) is 4.82. The zero-order chi connectivity index (χ0) is 11.7. The number of nitrogens with one attached hydrogen (secondary N) is 1. The van der Waals surface area contributed by atoms with E-state index < -0.39 is 17.9 Å². The molecule has 0 aromatic rings. The Morgan fingerprint density at radius 1 is 1.47 bits per heavy atom. The van der Waals surface area contributed by atoms with E-state index in [4.69, 9.17) is 14.9 Å². The molecular weight excluding hydrogens is 202 g/mol. The van der Waals surface area contributed by atoms with Gasteiger partial charge in [-0.1, -0.05) is 13.3 Å². The van der Waals surface area contributed by atoms with E-state index in [1.165, 1.54) is 0 Å². The van der Waals surface area contributed by atoms with Crippen LogP contribution in [0.25, 0.3) is 0 Å². The zero-order valence-electron chi connectivity index (χ0n) is 8.73. The van der Waals surface area contributed by atoms with E-state index in [0.29, 0.717) is 12.8 Å². The first-order valence-corrected chi connectivity index (χ1v) is 4.82. The fraction of sp³-hybridized carbons (Fsp3) is 0.778. The monoisotopic (exact) mass is 219 g/mol. The number of hydrogen-bond donors (Lipinski definition) is 3. The second kappa shape index (κ2) is 8.19. The Kier molecular flexibility index (Phi) is 7.57. The van der Waals surface area contributed by atoms with Gasteiger partial charge in [0.1, 0.15) is 12.6 Å². The number of carbonyl (C=O) groups is 2. The van der Waals surface area contributed by atoms with Crippen molar-refractivity contribution in [3.05, 3.63) is 0 Å². The summed E-state index contributed by atoms with van der Waals surface area (Å²) in [6.07, 6.45) is 1.07. The fourth-order valence-corrected chi connectivity index (χ4v) is 1.01. The summed E-state index contributed by atoms with van der Waals surface area (Å²) >= 11 is 0. The Balaban J connectivity index is 3.84. The molecule has 1 unspecified atom stereocenters. The second-order valence-electron chi connectivity index (χ2n) is 3.02. The molecular formula is C9H17NO5. The van der Waals surface area contributed by atoms with E-state index in [1.807, 2.05) is 6.92 Å². The van der Waals surface area contributed by atoms with Crippen LogP contribution in [0.4, 0.5) is 0 Å². The summed E-state index contributed by atoms with van der Waals surface area (Å²) in [5.74, 6) is -1.53. The molecule has 0 aliphatic heterocycles. The average Bonchev–Trinajstić information content (AvgIpc) is 2.17. The minimum atomic E-state index is -1.05. The lowest BCUT2D eigenvalue weighted by Gasteiger charge is -2.13. The van der Waals surface area contributed by atoms with Crippen LogP contribution >= 0.6 is 0 Å². The molecule has 0 radical (unpaired) electrons. The number of carboxylic acids is 1. The van der Waals surface area contributed by atoms with Crippen LogP contribution in [0.2, 0.25) is 0 Å². The van der Waals surface area contributed by atoms with Crippen LogP contribution in [0.5, 0.6) is 0 Å². The number of aliphatic hydroxyl groups excluding tert-OH is 1. The van der Waals surface area contributed by atoms with E-state index in [9.17, 15) is 9.59 Å². The average molecular weight is 219 g/mol. The predicted molar refractivity (Wildman–Crippen MR) is 52.4 cm³/mol. The van der Waals surface area contributed by atoms with Crippen molar-refractivity contribution >= 4 is 11.9 Å². The van der Waals surface area contributed by atoms with Crippen molar-refractivity contribution < 1.29 is 24.5 Å². The van der Waals surface area contributed by atoms with Gasteiger partial charge in [-0.15, -0.1) is 0 Å². The molecule has 0 bridgehead atoms.